The van der Waals surface area contributed by atoms with Crippen molar-refractivity contribution in [2.45, 2.75) is 37.5 Å². The Kier molecular flexibility index (Phi) is 7.10. The number of hydrogen-bond acceptors (Lipinski definition) is 5. The van der Waals surface area contributed by atoms with Crippen LogP contribution in [0.4, 0.5) is 4.79 Å². The predicted octanol–water partition coefficient (Wildman–Crippen LogP) is 3.22. The summed E-state index contributed by atoms with van der Waals surface area (Å²) in [5.41, 5.74) is 5.06. The molecule has 1 aromatic heterocycles. The van der Waals surface area contributed by atoms with Crippen molar-refractivity contribution in [3.8, 4) is 11.6 Å². The molecule has 0 aromatic carbocycles. The van der Waals surface area contributed by atoms with Crippen molar-refractivity contribution in [2.24, 2.45) is 5.73 Å². The summed E-state index contributed by atoms with van der Waals surface area (Å²) in [6.45, 7) is 2.18. The molecule has 1 rings (SSSR count). The molecule has 1 amide bonds. The molecule has 2 N–H and O–H groups in total. The van der Waals surface area contributed by atoms with Crippen LogP contribution < -0.4 is 15.2 Å². The van der Waals surface area contributed by atoms with Crippen LogP contribution in [0.2, 0.25) is 0 Å². The first-order valence-corrected chi connectivity index (χ1v) is 7.30. The summed E-state index contributed by atoms with van der Waals surface area (Å²) < 4.78 is 10.1. The molecule has 0 aliphatic heterocycles. The Hall–Kier alpha value is -1.43. The van der Waals surface area contributed by atoms with Crippen LogP contribution in [0.25, 0.3) is 0 Å². The lowest BCUT2D eigenvalue weighted by Crippen LogP contribution is -2.17. The monoisotopic (exact) mass is 284 g/mol. The molecule has 0 atom stereocenters. The van der Waals surface area contributed by atoms with Gasteiger partial charge >= 0.3 is 6.09 Å². The van der Waals surface area contributed by atoms with Gasteiger partial charge in [-0.2, -0.15) is 0 Å². The van der Waals surface area contributed by atoms with Crippen molar-refractivity contribution in [1.82, 2.24) is 4.98 Å². The number of ether oxygens (including phenoxy) is 2. The summed E-state index contributed by atoms with van der Waals surface area (Å²) >= 11 is 1.62. The number of amides is 1. The number of nitrogens with two attached hydrogens (primary N) is 1. The van der Waals surface area contributed by atoms with Crippen LogP contribution in [0.1, 0.15) is 32.6 Å². The second kappa shape index (κ2) is 8.63. The predicted molar refractivity (Wildman–Crippen MR) is 75.9 cm³/mol. The maximum Gasteiger partial charge on any atom is 0.410 e. The first kappa shape index (κ1) is 15.6. The average molecular weight is 284 g/mol. The second-order valence-corrected chi connectivity index (χ2v) is 5.11. The highest BCUT2D eigenvalue weighted by molar-refractivity contribution is 7.99. The fourth-order valence-corrected chi connectivity index (χ4v) is 2.56. The van der Waals surface area contributed by atoms with Crippen LogP contribution in [0.5, 0.6) is 11.6 Å². The van der Waals surface area contributed by atoms with Crippen molar-refractivity contribution >= 4 is 17.9 Å². The number of thioether (sulfide) groups is 1. The molecule has 5 nitrogen and oxygen atoms in total. The molecule has 0 saturated heterocycles. The molecule has 0 fully saturated rings. The molecule has 0 saturated carbocycles. The number of primary amides is 1. The van der Waals surface area contributed by atoms with Gasteiger partial charge in [-0.1, -0.05) is 26.2 Å². The number of nitrogens with zero attached hydrogens (tertiary/aromatic N) is 1. The highest BCUT2D eigenvalue weighted by Crippen LogP contribution is 2.36. The Morgan fingerprint density at radius 1 is 1.42 bits per heavy atom. The lowest BCUT2D eigenvalue weighted by atomic mass is 10.2. The van der Waals surface area contributed by atoms with E-state index in [2.05, 4.69) is 11.9 Å². The summed E-state index contributed by atoms with van der Waals surface area (Å²) in [7, 11) is 1.48. The third-order valence-corrected chi connectivity index (χ3v) is 3.61. The number of rotatable bonds is 8. The molecule has 1 heterocycles. The molecule has 0 bridgehead atoms. The maximum atomic E-state index is 10.9. The van der Waals surface area contributed by atoms with Crippen LogP contribution >= 0.6 is 11.8 Å². The smallest absolute Gasteiger partial charge is 0.410 e. The fraction of sp³-hybridized carbons (Fsp3) is 0.538. The normalized spacial score (nSPS) is 10.2. The summed E-state index contributed by atoms with van der Waals surface area (Å²) in [4.78, 5) is 15.7. The summed E-state index contributed by atoms with van der Waals surface area (Å²) in [6, 6.07) is 1.80. The SMILES string of the molecule is CCCCCCSc1ccnc(OC)c1OC(N)=O. The van der Waals surface area contributed by atoms with E-state index < -0.39 is 6.09 Å². The van der Waals surface area contributed by atoms with Crippen LogP contribution in [0.3, 0.4) is 0 Å². The van der Waals surface area contributed by atoms with Gasteiger partial charge in [0.15, 0.2) is 0 Å². The van der Waals surface area contributed by atoms with Crippen LogP contribution in [-0.2, 0) is 0 Å². The van der Waals surface area contributed by atoms with Gasteiger partial charge in [-0.25, -0.2) is 9.78 Å². The first-order chi connectivity index (χ1) is 9.19. The number of carbonyl (C=O) groups excluding carboxylic acids is 1. The molecule has 0 spiro atoms. The molecular formula is C13H20N2O3S. The molecule has 0 aliphatic carbocycles. The molecular weight excluding hydrogens is 264 g/mol. The summed E-state index contributed by atoms with van der Waals surface area (Å²) in [5.74, 6) is 1.54. The minimum Gasteiger partial charge on any atom is -0.478 e. The molecule has 0 radical (unpaired) electrons. The van der Waals surface area contributed by atoms with Crippen molar-refractivity contribution in [3.63, 3.8) is 0 Å². The Bertz CT molecular complexity index is 413. The van der Waals surface area contributed by atoms with E-state index in [9.17, 15) is 4.79 Å². The van der Waals surface area contributed by atoms with E-state index in [0.29, 0.717) is 5.75 Å². The maximum absolute atomic E-state index is 10.9. The Morgan fingerprint density at radius 2 is 2.21 bits per heavy atom. The van der Waals surface area contributed by atoms with Gasteiger partial charge in [-0.15, -0.1) is 11.8 Å². The van der Waals surface area contributed by atoms with Crippen LogP contribution in [0, 0.1) is 0 Å². The second-order valence-electron chi connectivity index (χ2n) is 3.98. The molecule has 6 heteroatoms. The number of hydrogen-bond donors (Lipinski definition) is 1. The van der Waals surface area contributed by atoms with Gasteiger partial charge in [0.2, 0.25) is 5.75 Å². The standard InChI is InChI=1S/C13H20N2O3S/c1-3-4-5-6-9-19-10-7-8-15-12(17-2)11(10)18-13(14)16/h7-8H,3-6,9H2,1-2H3,(H2,14,16). The molecule has 106 valence electrons. The van der Waals surface area contributed by atoms with E-state index in [0.717, 1.165) is 17.1 Å². The number of pyridine rings is 1. The van der Waals surface area contributed by atoms with E-state index in [1.165, 1.54) is 26.4 Å². The molecule has 0 aliphatic rings. The van der Waals surface area contributed by atoms with Gasteiger partial charge in [-0.05, 0) is 18.2 Å². The molecule has 1 aromatic rings. The number of aromatic nitrogens is 1. The summed E-state index contributed by atoms with van der Waals surface area (Å²) in [6.07, 6.45) is 5.55. The highest BCUT2D eigenvalue weighted by Gasteiger charge is 2.14. The minimum absolute atomic E-state index is 0.275. The van der Waals surface area contributed by atoms with Crippen molar-refractivity contribution < 1.29 is 14.3 Å². The lowest BCUT2D eigenvalue weighted by molar-refractivity contribution is 0.206. The number of methoxy groups -OCH3 is 1. The van der Waals surface area contributed by atoms with Gasteiger partial charge in [0.05, 0.1) is 12.0 Å². The lowest BCUT2D eigenvalue weighted by Gasteiger charge is -2.11. The van der Waals surface area contributed by atoms with E-state index in [1.54, 1.807) is 24.0 Å². The van der Waals surface area contributed by atoms with Gasteiger partial charge in [0, 0.05) is 6.20 Å². The summed E-state index contributed by atoms with van der Waals surface area (Å²) in [5, 5.41) is 0. The van der Waals surface area contributed by atoms with E-state index >= 15 is 0 Å². The van der Waals surface area contributed by atoms with Gasteiger partial charge < -0.3 is 15.2 Å². The van der Waals surface area contributed by atoms with Gasteiger partial charge in [-0.3, -0.25) is 0 Å². The van der Waals surface area contributed by atoms with Crippen molar-refractivity contribution in [2.75, 3.05) is 12.9 Å². The van der Waals surface area contributed by atoms with Gasteiger partial charge in [0.1, 0.15) is 0 Å². The van der Waals surface area contributed by atoms with E-state index in [-0.39, 0.29) is 5.88 Å². The Morgan fingerprint density at radius 3 is 2.84 bits per heavy atom. The van der Waals surface area contributed by atoms with Crippen molar-refractivity contribution in [1.29, 1.82) is 0 Å². The number of unbranched alkanes of at least 4 members (excludes halogenated alkanes) is 3. The van der Waals surface area contributed by atoms with Crippen LogP contribution in [0.15, 0.2) is 17.2 Å². The zero-order valence-electron chi connectivity index (χ0n) is 11.3. The molecule has 19 heavy (non-hydrogen) atoms. The largest absolute Gasteiger partial charge is 0.478 e. The van der Waals surface area contributed by atoms with Crippen LogP contribution in [-0.4, -0.2) is 23.9 Å². The third-order valence-electron chi connectivity index (χ3n) is 2.49. The average Bonchev–Trinajstić information content (AvgIpc) is 2.39. The zero-order chi connectivity index (χ0) is 14.1. The fourth-order valence-electron chi connectivity index (χ4n) is 1.58. The zero-order valence-corrected chi connectivity index (χ0v) is 12.2. The third kappa shape index (κ3) is 5.38. The quantitative estimate of drug-likeness (QED) is 0.586. The van der Waals surface area contributed by atoms with Crippen molar-refractivity contribution in [3.05, 3.63) is 12.3 Å². The topological polar surface area (TPSA) is 74.4 Å². The van der Waals surface area contributed by atoms with E-state index in [1.807, 2.05) is 0 Å². The molecule has 0 unspecified atom stereocenters. The van der Waals surface area contributed by atoms with E-state index in [4.69, 9.17) is 15.2 Å². The Labute approximate surface area is 117 Å². The first-order valence-electron chi connectivity index (χ1n) is 6.32. The number of carbonyl (C=O) groups is 1. The minimum atomic E-state index is -0.862. The highest BCUT2D eigenvalue weighted by atomic mass is 32.2. The Balaban J connectivity index is 2.67. The van der Waals surface area contributed by atoms with Gasteiger partial charge in [0.25, 0.3) is 5.88 Å².